The number of carbonyl (C=O) groups is 1. The Bertz CT molecular complexity index is 910. The molecule has 0 saturated carbocycles. The zero-order chi connectivity index (χ0) is 19.4. The number of hydrogen-bond acceptors (Lipinski definition) is 5. The molecule has 0 aliphatic heterocycles. The second-order valence-corrected chi connectivity index (χ2v) is 7.74. The lowest BCUT2D eigenvalue weighted by atomic mass is 10.2. The highest BCUT2D eigenvalue weighted by Crippen LogP contribution is 2.25. The third kappa shape index (κ3) is 3.90. The summed E-state index contributed by atoms with van der Waals surface area (Å²) in [6.45, 7) is 8.48. The number of unbranched alkanes of at least 4 members (excludes halogenated alkanes) is 1. The maximum Gasteiger partial charge on any atom is 0.330 e. The van der Waals surface area contributed by atoms with Crippen LogP contribution >= 0.6 is 11.3 Å². The molecule has 142 valence electrons. The lowest BCUT2D eigenvalue weighted by Crippen LogP contribution is -2.41. The van der Waals surface area contributed by atoms with Gasteiger partial charge in [0.1, 0.15) is 5.82 Å². The van der Waals surface area contributed by atoms with Crippen molar-refractivity contribution in [1.29, 1.82) is 0 Å². The van der Waals surface area contributed by atoms with Crippen molar-refractivity contribution < 1.29 is 4.79 Å². The van der Waals surface area contributed by atoms with Gasteiger partial charge in [-0.15, -0.1) is 11.3 Å². The van der Waals surface area contributed by atoms with Gasteiger partial charge in [0.2, 0.25) is 0 Å². The first kappa shape index (κ1) is 20.0. The molecule has 7 nitrogen and oxygen atoms in total. The summed E-state index contributed by atoms with van der Waals surface area (Å²) in [7, 11) is 0. The molecule has 2 aromatic heterocycles. The molecule has 0 atom stereocenters. The van der Waals surface area contributed by atoms with Crippen LogP contribution in [0.1, 0.15) is 53.2 Å². The van der Waals surface area contributed by atoms with Crippen molar-refractivity contribution in [2.45, 2.75) is 53.5 Å². The van der Waals surface area contributed by atoms with Gasteiger partial charge < -0.3 is 10.6 Å². The Kier molecular flexibility index (Phi) is 6.42. The minimum Gasteiger partial charge on any atom is -0.383 e. The van der Waals surface area contributed by atoms with Gasteiger partial charge in [0.05, 0.1) is 5.56 Å². The lowest BCUT2D eigenvalue weighted by molar-refractivity contribution is 0.0986. The van der Waals surface area contributed by atoms with Crippen LogP contribution in [-0.4, -0.2) is 22.0 Å². The van der Waals surface area contributed by atoms with Crippen LogP contribution in [0, 0.1) is 13.8 Å². The fraction of sp³-hybridized carbons (Fsp3) is 0.500. The van der Waals surface area contributed by atoms with Gasteiger partial charge in [-0.2, -0.15) is 0 Å². The van der Waals surface area contributed by atoms with E-state index in [2.05, 4.69) is 4.98 Å². The minimum absolute atomic E-state index is 0.0404. The van der Waals surface area contributed by atoms with Crippen molar-refractivity contribution in [3.8, 4) is 0 Å². The van der Waals surface area contributed by atoms with Crippen molar-refractivity contribution in [3.63, 3.8) is 0 Å². The quantitative estimate of drug-likeness (QED) is 0.773. The molecular formula is C18H26N4O3S. The normalized spacial score (nSPS) is 10.9. The number of anilines is 2. The van der Waals surface area contributed by atoms with Crippen LogP contribution in [-0.2, 0) is 6.54 Å². The number of H-pyrrole nitrogens is 1. The van der Waals surface area contributed by atoms with Gasteiger partial charge >= 0.3 is 5.69 Å². The molecule has 0 aromatic carbocycles. The van der Waals surface area contributed by atoms with Gasteiger partial charge in [-0.1, -0.05) is 20.3 Å². The van der Waals surface area contributed by atoms with Crippen LogP contribution in [0.5, 0.6) is 0 Å². The summed E-state index contributed by atoms with van der Waals surface area (Å²) >= 11 is 1.53. The van der Waals surface area contributed by atoms with Gasteiger partial charge in [0.25, 0.3) is 11.5 Å². The van der Waals surface area contributed by atoms with Crippen LogP contribution in [0.3, 0.4) is 0 Å². The predicted molar refractivity (Wildman–Crippen MR) is 106 cm³/mol. The molecule has 3 N–H and O–H groups in total. The minimum atomic E-state index is -0.633. The molecule has 0 aliphatic carbocycles. The Hall–Kier alpha value is -2.35. The molecule has 2 rings (SSSR count). The van der Waals surface area contributed by atoms with E-state index < -0.39 is 11.2 Å². The molecule has 26 heavy (non-hydrogen) atoms. The van der Waals surface area contributed by atoms with Crippen LogP contribution in [0.2, 0.25) is 0 Å². The molecule has 8 heteroatoms. The van der Waals surface area contributed by atoms with Gasteiger partial charge in [-0.25, -0.2) is 4.79 Å². The summed E-state index contributed by atoms with van der Waals surface area (Å²) in [5, 5.41) is 0. The van der Waals surface area contributed by atoms with Crippen molar-refractivity contribution >= 4 is 28.7 Å². The number of nitrogen functional groups attached to an aromatic ring is 1. The average molecular weight is 378 g/mol. The molecule has 1 amide bonds. The number of nitrogens with zero attached hydrogens (tertiary/aromatic N) is 2. The van der Waals surface area contributed by atoms with Gasteiger partial charge in [-0.05, 0) is 32.8 Å². The zero-order valence-electron chi connectivity index (χ0n) is 15.7. The molecule has 0 aliphatic rings. The average Bonchev–Trinajstić information content (AvgIpc) is 2.91. The fourth-order valence-electron chi connectivity index (χ4n) is 2.90. The molecular weight excluding hydrogens is 352 g/mol. The molecule has 0 radical (unpaired) electrons. The van der Waals surface area contributed by atoms with E-state index in [1.807, 2.05) is 33.8 Å². The summed E-state index contributed by atoms with van der Waals surface area (Å²) in [5.41, 5.74) is 5.60. The van der Waals surface area contributed by atoms with Crippen molar-refractivity contribution in [1.82, 2.24) is 9.55 Å². The largest absolute Gasteiger partial charge is 0.383 e. The molecule has 0 spiro atoms. The number of aromatic amines is 1. The van der Waals surface area contributed by atoms with Crippen LogP contribution in [0.4, 0.5) is 11.5 Å². The zero-order valence-corrected chi connectivity index (χ0v) is 16.5. The summed E-state index contributed by atoms with van der Waals surface area (Å²) in [6.07, 6.45) is 2.28. The Balaban J connectivity index is 2.60. The summed E-state index contributed by atoms with van der Waals surface area (Å²) < 4.78 is 1.34. The van der Waals surface area contributed by atoms with E-state index in [0.717, 1.165) is 22.6 Å². The SMILES string of the molecule is CCCCn1c(N)c(N(CCC)C(=O)c2cc(C)sc2C)c(=O)[nH]c1=O. The molecule has 2 heterocycles. The van der Waals surface area contributed by atoms with E-state index in [4.69, 9.17) is 5.73 Å². The monoisotopic (exact) mass is 378 g/mol. The number of aryl methyl sites for hydroxylation is 2. The predicted octanol–water partition coefficient (Wildman–Crippen LogP) is 2.65. The standard InChI is InChI=1S/C18H26N4O3S/c1-5-7-9-22-15(19)14(16(23)20-18(22)25)21(8-6-2)17(24)13-10-11(3)26-12(13)4/h10H,5-9,19H2,1-4H3,(H,20,23,25). The van der Waals surface area contributed by atoms with Crippen molar-refractivity contribution in [3.05, 3.63) is 42.2 Å². The number of carbonyl (C=O) groups excluding carboxylic acids is 1. The first-order valence-electron chi connectivity index (χ1n) is 8.83. The summed E-state index contributed by atoms with van der Waals surface area (Å²) in [4.78, 5) is 43.3. The lowest BCUT2D eigenvalue weighted by Gasteiger charge is -2.24. The molecule has 0 fully saturated rings. The van der Waals surface area contributed by atoms with Crippen molar-refractivity contribution in [2.24, 2.45) is 0 Å². The van der Waals surface area contributed by atoms with Crippen LogP contribution in [0.15, 0.2) is 15.7 Å². The third-order valence-electron chi connectivity index (χ3n) is 4.18. The topological polar surface area (TPSA) is 101 Å². The Labute approximate surface area is 156 Å². The van der Waals surface area contributed by atoms with E-state index in [0.29, 0.717) is 25.1 Å². The van der Waals surface area contributed by atoms with Gasteiger partial charge in [-0.3, -0.25) is 19.1 Å². The number of thiophene rings is 1. The van der Waals surface area contributed by atoms with E-state index in [9.17, 15) is 14.4 Å². The van der Waals surface area contributed by atoms with Crippen LogP contribution in [0.25, 0.3) is 0 Å². The number of hydrogen-bond donors (Lipinski definition) is 2. The highest BCUT2D eigenvalue weighted by atomic mass is 32.1. The number of nitrogens with two attached hydrogens (primary N) is 1. The Morgan fingerprint density at radius 2 is 1.96 bits per heavy atom. The fourth-order valence-corrected chi connectivity index (χ4v) is 3.82. The second-order valence-electron chi connectivity index (χ2n) is 6.28. The molecule has 0 unspecified atom stereocenters. The first-order valence-corrected chi connectivity index (χ1v) is 9.64. The second kappa shape index (κ2) is 8.35. The molecule has 0 saturated heterocycles. The van der Waals surface area contributed by atoms with E-state index >= 15 is 0 Å². The highest BCUT2D eigenvalue weighted by Gasteiger charge is 2.26. The first-order chi connectivity index (χ1) is 12.3. The van der Waals surface area contributed by atoms with E-state index in [-0.39, 0.29) is 17.4 Å². The number of nitrogens with one attached hydrogen (secondary N) is 1. The molecule has 0 bridgehead atoms. The number of rotatable bonds is 7. The maximum absolute atomic E-state index is 13.1. The number of amides is 1. The van der Waals surface area contributed by atoms with E-state index in [1.165, 1.54) is 20.8 Å². The third-order valence-corrected chi connectivity index (χ3v) is 5.15. The number of aromatic nitrogens is 2. The van der Waals surface area contributed by atoms with Gasteiger partial charge in [0, 0.05) is 22.8 Å². The van der Waals surface area contributed by atoms with Crippen molar-refractivity contribution in [2.75, 3.05) is 17.2 Å². The maximum atomic E-state index is 13.1. The van der Waals surface area contributed by atoms with Crippen LogP contribution < -0.4 is 21.9 Å². The Morgan fingerprint density at radius 3 is 2.50 bits per heavy atom. The molecule has 2 aromatic rings. The summed E-state index contributed by atoms with van der Waals surface area (Å²) in [6, 6.07) is 1.82. The Morgan fingerprint density at radius 1 is 1.27 bits per heavy atom. The highest BCUT2D eigenvalue weighted by molar-refractivity contribution is 7.12. The van der Waals surface area contributed by atoms with Gasteiger partial charge in [0.15, 0.2) is 5.69 Å². The van der Waals surface area contributed by atoms with E-state index in [1.54, 1.807) is 0 Å². The summed E-state index contributed by atoms with van der Waals surface area (Å²) in [5.74, 6) is -0.231. The smallest absolute Gasteiger partial charge is 0.330 e.